The van der Waals surface area contributed by atoms with E-state index in [2.05, 4.69) is 15.5 Å². The molecule has 2 aromatic rings. The van der Waals surface area contributed by atoms with Crippen LogP contribution in [-0.4, -0.2) is 37.2 Å². The summed E-state index contributed by atoms with van der Waals surface area (Å²) >= 11 is 0. The van der Waals surface area contributed by atoms with Crippen molar-refractivity contribution in [2.24, 2.45) is 0 Å². The summed E-state index contributed by atoms with van der Waals surface area (Å²) in [5, 5.41) is 5.90. The highest BCUT2D eigenvalue weighted by Crippen LogP contribution is 2.20. The summed E-state index contributed by atoms with van der Waals surface area (Å²) in [6.45, 7) is 4.44. The van der Waals surface area contributed by atoms with Gasteiger partial charge in [0.05, 0.1) is 7.11 Å². The molecule has 0 radical (unpaired) electrons. The molecule has 1 aliphatic rings. The minimum absolute atomic E-state index is 0.152. The lowest BCUT2D eigenvalue weighted by Gasteiger charge is -2.32. The molecule has 1 heterocycles. The molecule has 2 N–H and O–H groups in total. The van der Waals surface area contributed by atoms with Crippen LogP contribution in [0, 0.1) is 12.7 Å². The van der Waals surface area contributed by atoms with Gasteiger partial charge in [-0.25, -0.2) is 9.18 Å². The zero-order valence-electron chi connectivity index (χ0n) is 15.8. The van der Waals surface area contributed by atoms with Gasteiger partial charge in [0.25, 0.3) is 0 Å². The number of rotatable bonds is 5. The molecule has 1 aliphatic heterocycles. The largest absolute Gasteiger partial charge is 0.494 e. The summed E-state index contributed by atoms with van der Waals surface area (Å²) in [5.74, 6) is -0.0689. The third-order valence-corrected chi connectivity index (χ3v) is 4.85. The predicted octanol–water partition coefficient (Wildman–Crippen LogP) is 3.93. The Labute approximate surface area is 159 Å². The van der Waals surface area contributed by atoms with Crippen LogP contribution in [-0.2, 0) is 6.54 Å². The maximum atomic E-state index is 13.8. The second-order valence-corrected chi connectivity index (χ2v) is 6.98. The van der Waals surface area contributed by atoms with Crippen LogP contribution in [0.15, 0.2) is 42.5 Å². The molecule has 6 heteroatoms. The first-order valence-electron chi connectivity index (χ1n) is 9.22. The van der Waals surface area contributed by atoms with Crippen LogP contribution in [0.4, 0.5) is 14.9 Å². The number of nitrogens with zero attached hydrogens (tertiary/aromatic N) is 1. The first-order valence-corrected chi connectivity index (χ1v) is 9.22. The molecule has 0 aromatic heterocycles. The minimum Gasteiger partial charge on any atom is -0.494 e. The van der Waals surface area contributed by atoms with Crippen LogP contribution in [0.2, 0.25) is 0 Å². The molecular weight excluding hydrogens is 345 g/mol. The molecule has 0 saturated carbocycles. The molecular formula is C21H26FN3O2. The van der Waals surface area contributed by atoms with E-state index in [0.29, 0.717) is 6.54 Å². The van der Waals surface area contributed by atoms with Crippen molar-refractivity contribution in [3.8, 4) is 5.75 Å². The molecule has 1 fully saturated rings. The van der Waals surface area contributed by atoms with Crippen LogP contribution in [0.25, 0.3) is 0 Å². The van der Waals surface area contributed by atoms with Crippen molar-refractivity contribution in [1.82, 2.24) is 10.2 Å². The normalized spacial score (nSPS) is 15.4. The third kappa shape index (κ3) is 5.44. The first kappa shape index (κ1) is 19.2. The number of urea groups is 1. The van der Waals surface area contributed by atoms with E-state index in [0.717, 1.165) is 42.7 Å². The summed E-state index contributed by atoms with van der Waals surface area (Å²) < 4.78 is 18.8. The SMILES string of the molecule is COc1ccc(CN2CCC(NC(=O)Nc3ccc(C)cc3)CC2)cc1F. The molecule has 3 rings (SSSR count). The van der Waals surface area contributed by atoms with E-state index in [1.54, 1.807) is 6.07 Å². The van der Waals surface area contributed by atoms with Crippen molar-refractivity contribution in [2.75, 3.05) is 25.5 Å². The van der Waals surface area contributed by atoms with E-state index in [4.69, 9.17) is 4.74 Å². The van der Waals surface area contributed by atoms with E-state index in [9.17, 15) is 9.18 Å². The van der Waals surface area contributed by atoms with Gasteiger partial charge in [0.15, 0.2) is 11.6 Å². The summed E-state index contributed by atoms with van der Waals surface area (Å²) in [5.41, 5.74) is 2.87. The maximum Gasteiger partial charge on any atom is 0.319 e. The number of amides is 2. The number of anilines is 1. The Kier molecular flexibility index (Phi) is 6.29. The molecule has 0 unspecified atom stereocenters. The van der Waals surface area contributed by atoms with Gasteiger partial charge in [0, 0.05) is 31.4 Å². The van der Waals surface area contributed by atoms with Gasteiger partial charge >= 0.3 is 6.03 Å². The quantitative estimate of drug-likeness (QED) is 0.837. The predicted molar refractivity (Wildman–Crippen MR) is 105 cm³/mol. The third-order valence-electron chi connectivity index (χ3n) is 4.85. The smallest absolute Gasteiger partial charge is 0.319 e. The average Bonchev–Trinajstić information content (AvgIpc) is 2.65. The maximum absolute atomic E-state index is 13.8. The van der Waals surface area contributed by atoms with Crippen LogP contribution in [0.1, 0.15) is 24.0 Å². The van der Waals surface area contributed by atoms with E-state index >= 15 is 0 Å². The number of methoxy groups -OCH3 is 1. The number of hydrogen-bond donors (Lipinski definition) is 2. The Morgan fingerprint density at radius 2 is 1.89 bits per heavy atom. The number of carbonyl (C=O) groups excluding carboxylic acids is 1. The number of benzene rings is 2. The first-order chi connectivity index (χ1) is 13.0. The van der Waals surface area contributed by atoms with Gasteiger partial charge in [-0.3, -0.25) is 4.90 Å². The van der Waals surface area contributed by atoms with Crippen molar-refractivity contribution in [3.63, 3.8) is 0 Å². The molecule has 0 bridgehead atoms. The van der Waals surface area contributed by atoms with E-state index < -0.39 is 0 Å². The molecule has 144 valence electrons. The lowest BCUT2D eigenvalue weighted by molar-refractivity contribution is 0.189. The Hall–Kier alpha value is -2.60. The zero-order valence-corrected chi connectivity index (χ0v) is 15.8. The van der Waals surface area contributed by atoms with Crippen molar-refractivity contribution >= 4 is 11.7 Å². The molecule has 2 amide bonds. The van der Waals surface area contributed by atoms with Gasteiger partial charge in [-0.15, -0.1) is 0 Å². The van der Waals surface area contributed by atoms with Crippen molar-refractivity contribution in [3.05, 3.63) is 59.4 Å². The lowest BCUT2D eigenvalue weighted by atomic mass is 10.0. The topological polar surface area (TPSA) is 53.6 Å². The Balaban J connectivity index is 1.44. The molecule has 2 aromatic carbocycles. The van der Waals surface area contributed by atoms with Crippen molar-refractivity contribution in [2.45, 2.75) is 32.4 Å². The number of nitrogens with one attached hydrogen (secondary N) is 2. The summed E-state index contributed by atoms with van der Waals surface area (Å²) in [7, 11) is 1.46. The van der Waals surface area contributed by atoms with Gasteiger partial charge in [-0.1, -0.05) is 23.8 Å². The van der Waals surface area contributed by atoms with Crippen LogP contribution >= 0.6 is 0 Å². The lowest BCUT2D eigenvalue weighted by Crippen LogP contribution is -2.45. The molecule has 0 aliphatic carbocycles. The zero-order chi connectivity index (χ0) is 19.2. The highest BCUT2D eigenvalue weighted by Gasteiger charge is 2.21. The number of aryl methyl sites for hydroxylation is 1. The minimum atomic E-state index is -0.334. The van der Waals surface area contributed by atoms with E-state index in [-0.39, 0.29) is 23.6 Å². The van der Waals surface area contributed by atoms with Gasteiger partial charge in [0.2, 0.25) is 0 Å². The summed E-state index contributed by atoms with van der Waals surface area (Å²) in [4.78, 5) is 14.4. The standard InChI is InChI=1S/C21H26FN3O2/c1-15-3-6-17(7-4-15)23-21(26)24-18-9-11-25(12-10-18)14-16-5-8-20(27-2)19(22)13-16/h3-8,13,18H,9-12,14H2,1-2H3,(H2,23,24,26). The van der Waals surface area contributed by atoms with Gasteiger partial charge in [-0.2, -0.15) is 0 Å². The highest BCUT2D eigenvalue weighted by atomic mass is 19.1. The van der Waals surface area contributed by atoms with Crippen molar-refractivity contribution < 1.29 is 13.9 Å². The molecule has 27 heavy (non-hydrogen) atoms. The van der Waals surface area contributed by atoms with Gasteiger partial charge in [-0.05, 0) is 49.6 Å². The van der Waals surface area contributed by atoms with Gasteiger partial charge < -0.3 is 15.4 Å². The summed E-state index contributed by atoms with van der Waals surface area (Å²) in [6, 6.07) is 12.8. The molecule has 1 saturated heterocycles. The van der Waals surface area contributed by atoms with E-state index in [1.807, 2.05) is 37.3 Å². The number of piperidine rings is 1. The Bertz CT molecular complexity index is 771. The second-order valence-electron chi connectivity index (χ2n) is 6.98. The second kappa shape index (κ2) is 8.86. The molecule has 0 spiro atoms. The fraction of sp³-hybridized carbons (Fsp3) is 0.381. The van der Waals surface area contributed by atoms with Crippen molar-refractivity contribution in [1.29, 1.82) is 0 Å². The highest BCUT2D eigenvalue weighted by molar-refractivity contribution is 5.89. The van der Waals surface area contributed by atoms with Crippen LogP contribution < -0.4 is 15.4 Å². The number of likely N-dealkylation sites (tertiary alicyclic amines) is 1. The number of ether oxygens (including phenoxy) is 1. The Morgan fingerprint density at radius 1 is 1.19 bits per heavy atom. The summed E-state index contributed by atoms with van der Waals surface area (Å²) in [6.07, 6.45) is 1.75. The number of carbonyl (C=O) groups is 1. The van der Waals surface area contributed by atoms with Crippen LogP contribution in [0.5, 0.6) is 5.75 Å². The fourth-order valence-corrected chi connectivity index (χ4v) is 3.29. The van der Waals surface area contributed by atoms with Gasteiger partial charge in [0.1, 0.15) is 0 Å². The van der Waals surface area contributed by atoms with E-state index in [1.165, 1.54) is 13.2 Å². The molecule has 5 nitrogen and oxygen atoms in total. The average molecular weight is 371 g/mol. The molecule has 0 atom stereocenters. The van der Waals surface area contributed by atoms with Crippen LogP contribution in [0.3, 0.4) is 0 Å². The number of hydrogen-bond acceptors (Lipinski definition) is 3. The number of halogens is 1. The Morgan fingerprint density at radius 3 is 2.52 bits per heavy atom. The monoisotopic (exact) mass is 371 g/mol. The fourth-order valence-electron chi connectivity index (χ4n) is 3.29.